The van der Waals surface area contributed by atoms with Crippen LogP contribution in [0, 0.1) is 21.7 Å². The summed E-state index contributed by atoms with van der Waals surface area (Å²) < 4.78 is 37.5. The van der Waals surface area contributed by atoms with Crippen LogP contribution in [0.3, 0.4) is 0 Å². The Balaban J connectivity index is 2.29. The van der Waals surface area contributed by atoms with Crippen LogP contribution in [0.15, 0.2) is 12.1 Å². The molecule has 21 heavy (non-hydrogen) atoms. The molecule has 1 aromatic carbocycles. The Morgan fingerprint density at radius 1 is 1.48 bits per heavy atom. The Bertz CT molecular complexity index is 558. The highest BCUT2D eigenvalue weighted by atomic mass is 19.1. The largest absolute Gasteiger partial charge is 0.467 e. The predicted octanol–water partition coefficient (Wildman–Crippen LogP) is 1.25. The van der Waals surface area contributed by atoms with Gasteiger partial charge in [0.15, 0.2) is 17.7 Å². The number of hydrogen-bond donors (Lipinski definition) is 0. The normalized spacial score (nSPS) is 18.4. The van der Waals surface area contributed by atoms with Crippen molar-refractivity contribution in [1.82, 2.24) is 0 Å². The molecule has 1 fully saturated rings. The van der Waals surface area contributed by atoms with Crippen molar-refractivity contribution in [3.63, 3.8) is 0 Å². The van der Waals surface area contributed by atoms with E-state index in [1.165, 1.54) is 12.0 Å². The Morgan fingerprint density at radius 2 is 2.10 bits per heavy atom. The third kappa shape index (κ3) is 3.07. The number of anilines is 1. The summed E-state index contributed by atoms with van der Waals surface area (Å²) in [5.74, 6) is -2.78. The van der Waals surface area contributed by atoms with Crippen LogP contribution in [0.5, 0.6) is 0 Å². The van der Waals surface area contributed by atoms with E-state index in [2.05, 4.69) is 4.74 Å². The van der Waals surface area contributed by atoms with Crippen LogP contribution >= 0.6 is 0 Å². The minimum atomic E-state index is -1.06. The lowest BCUT2D eigenvalue weighted by Gasteiger charge is -2.33. The van der Waals surface area contributed by atoms with Gasteiger partial charge >= 0.3 is 5.97 Å². The molecule has 1 aliphatic rings. The maximum absolute atomic E-state index is 13.9. The monoisotopic (exact) mass is 302 g/mol. The highest BCUT2D eigenvalue weighted by Crippen LogP contribution is 2.29. The lowest BCUT2D eigenvalue weighted by molar-refractivity contribution is -0.385. The number of nitro benzene ring substituents is 1. The average molecular weight is 302 g/mol. The number of ether oxygens (including phenoxy) is 2. The molecule has 0 bridgehead atoms. The molecule has 7 nitrogen and oxygen atoms in total. The van der Waals surface area contributed by atoms with Gasteiger partial charge in [-0.15, -0.1) is 0 Å². The van der Waals surface area contributed by atoms with Crippen molar-refractivity contribution >= 4 is 17.3 Å². The Labute approximate surface area is 118 Å². The van der Waals surface area contributed by atoms with E-state index in [0.717, 1.165) is 0 Å². The third-order valence-electron chi connectivity index (χ3n) is 3.06. The summed E-state index contributed by atoms with van der Waals surface area (Å²) in [5, 5.41) is 10.6. The molecular weight excluding hydrogens is 290 g/mol. The van der Waals surface area contributed by atoms with Gasteiger partial charge in [-0.2, -0.15) is 0 Å². The number of halogens is 2. The lowest BCUT2D eigenvalue weighted by atomic mass is 10.2. The summed E-state index contributed by atoms with van der Waals surface area (Å²) in [6.45, 7) is 0.132. The second-order valence-electron chi connectivity index (χ2n) is 4.34. The van der Waals surface area contributed by atoms with Gasteiger partial charge in [0.25, 0.3) is 5.69 Å². The molecule has 1 heterocycles. The summed E-state index contributed by atoms with van der Waals surface area (Å²) in [6.07, 6.45) is -0.960. The van der Waals surface area contributed by atoms with Gasteiger partial charge in [-0.05, 0) is 0 Å². The number of benzene rings is 1. The van der Waals surface area contributed by atoms with Crippen molar-refractivity contribution in [2.75, 3.05) is 31.7 Å². The van der Waals surface area contributed by atoms with E-state index in [-0.39, 0.29) is 19.7 Å². The van der Waals surface area contributed by atoms with Crippen LogP contribution in [0.1, 0.15) is 0 Å². The van der Waals surface area contributed by atoms with Crippen LogP contribution in [-0.4, -0.2) is 43.8 Å². The van der Waals surface area contributed by atoms with Gasteiger partial charge in [0.05, 0.1) is 37.3 Å². The summed E-state index contributed by atoms with van der Waals surface area (Å²) in [5.41, 5.74) is -1.09. The molecule has 0 N–H and O–H groups in total. The zero-order chi connectivity index (χ0) is 15.6. The van der Waals surface area contributed by atoms with Crippen LogP contribution < -0.4 is 4.90 Å². The fourth-order valence-corrected chi connectivity index (χ4v) is 2.09. The summed E-state index contributed by atoms with van der Waals surface area (Å²) in [4.78, 5) is 22.3. The molecule has 9 heteroatoms. The number of rotatable bonds is 3. The second kappa shape index (κ2) is 6.00. The van der Waals surface area contributed by atoms with Gasteiger partial charge in [-0.1, -0.05) is 0 Å². The predicted molar refractivity (Wildman–Crippen MR) is 67.0 cm³/mol. The minimum absolute atomic E-state index is 0.0790. The number of hydrogen-bond acceptors (Lipinski definition) is 6. The smallest absolute Gasteiger partial charge is 0.336 e. The Hall–Kier alpha value is -2.29. The van der Waals surface area contributed by atoms with Crippen LogP contribution in [0.2, 0.25) is 0 Å². The number of morpholine rings is 1. The van der Waals surface area contributed by atoms with Gasteiger partial charge in [0.2, 0.25) is 0 Å². The summed E-state index contributed by atoms with van der Waals surface area (Å²) >= 11 is 0. The molecule has 1 aromatic rings. The maximum atomic E-state index is 13.9. The first kappa shape index (κ1) is 15.1. The number of nitrogens with zero attached hydrogens (tertiary/aromatic N) is 2. The third-order valence-corrected chi connectivity index (χ3v) is 3.06. The fourth-order valence-electron chi connectivity index (χ4n) is 2.09. The zero-order valence-electron chi connectivity index (χ0n) is 11.0. The number of esters is 1. The maximum Gasteiger partial charge on any atom is 0.336 e. The van der Waals surface area contributed by atoms with E-state index in [0.29, 0.717) is 12.1 Å². The Morgan fingerprint density at radius 3 is 2.62 bits per heavy atom. The zero-order valence-corrected chi connectivity index (χ0v) is 11.0. The lowest BCUT2D eigenvalue weighted by Crippen LogP contribution is -2.47. The molecule has 0 aliphatic carbocycles. The van der Waals surface area contributed by atoms with Crippen molar-refractivity contribution in [1.29, 1.82) is 0 Å². The summed E-state index contributed by atoms with van der Waals surface area (Å²) in [7, 11) is 1.18. The first-order chi connectivity index (χ1) is 9.93. The van der Waals surface area contributed by atoms with Crippen LogP contribution in [0.25, 0.3) is 0 Å². The van der Waals surface area contributed by atoms with E-state index < -0.39 is 40.0 Å². The number of carbonyl (C=O) groups excluding carboxylic acids is 1. The van der Waals surface area contributed by atoms with Crippen molar-refractivity contribution < 1.29 is 28.0 Å². The van der Waals surface area contributed by atoms with Gasteiger partial charge in [-0.3, -0.25) is 10.1 Å². The molecule has 0 spiro atoms. The van der Waals surface area contributed by atoms with Gasteiger partial charge in [-0.25, -0.2) is 13.6 Å². The first-order valence-corrected chi connectivity index (χ1v) is 6.02. The van der Waals surface area contributed by atoms with E-state index >= 15 is 0 Å². The number of non-ortho nitro benzene ring substituents is 1. The molecule has 0 saturated carbocycles. The molecule has 1 unspecified atom stereocenters. The van der Waals surface area contributed by atoms with Crippen molar-refractivity contribution in [3.05, 3.63) is 33.9 Å². The molecule has 2 rings (SSSR count). The molecule has 114 valence electrons. The molecule has 1 atom stereocenters. The molecule has 0 amide bonds. The topological polar surface area (TPSA) is 81.9 Å². The van der Waals surface area contributed by atoms with Crippen molar-refractivity contribution in [2.45, 2.75) is 6.10 Å². The minimum Gasteiger partial charge on any atom is -0.467 e. The quantitative estimate of drug-likeness (QED) is 0.475. The van der Waals surface area contributed by atoms with Gasteiger partial charge < -0.3 is 14.4 Å². The number of nitro groups is 1. The molecule has 0 aromatic heterocycles. The van der Waals surface area contributed by atoms with Crippen LogP contribution in [0.4, 0.5) is 20.2 Å². The van der Waals surface area contributed by atoms with E-state index in [1.54, 1.807) is 0 Å². The van der Waals surface area contributed by atoms with Crippen molar-refractivity contribution in [2.24, 2.45) is 0 Å². The standard InChI is InChI=1S/C12H12F2N2O5/c1-20-12(17)10-6-15(2-3-21-10)11-8(13)4-7(16(18)19)5-9(11)14/h4-5,10H,2-3,6H2,1H3. The highest BCUT2D eigenvalue weighted by molar-refractivity contribution is 5.76. The van der Waals surface area contributed by atoms with E-state index in [4.69, 9.17) is 4.74 Å². The fraction of sp³-hybridized carbons (Fsp3) is 0.417. The molecule has 1 saturated heterocycles. The molecular formula is C12H12F2N2O5. The van der Waals surface area contributed by atoms with Gasteiger partial charge in [0.1, 0.15) is 5.69 Å². The first-order valence-electron chi connectivity index (χ1n) is 6.02. The van der Waals surface area contributed by atoms with E-state index in [1.807, 2.05) is 0 Å². The van der Waals surface area contributed by atoms with Crippen LogP contribution in [-0.2, 0) is 14.3 Å². The SMILES string of the molecule is COC(=O)C1CN(c2c(F)cc([N+](=O)[O-])cc2F)CCO1. The number of methoxy groups -OCH3 is 1. The highest BCUT2D eigenvalue weighted by Gasteiger charge is 2.31. The van der Waals surface area contributed by atoms with Crippen molar-refractivity contribution in [3.8, 4) is 0 Å². The van der Waals surface area contributed by atoms with E-state index in [9.17, 15) is 23.7 Å². The van der Waals surface area contributed by atoms with Gasteiger partial charge in [0, 0.05) is 6.54 Å². The average Bonchev–Trinajstić information content (AvgIpc) is 2.45. The molecule has 1 aliphatic heterocycles. The second-order valence-corrected chi connectivity index (χ2v) is 4.34. The number of carbonyl (C=O) groups is 1. The molecule has 0 radical (unpaired) electrons. The summed E-state index contributed by atoms with van der Waals surface area (Å²) in [6, 6.07) is 1.28. The Kier molecular flexibility index (Phi) is 4.32.